The highest BCUT2D eigenvalue weighted by atomic mass is 35.5. The average molecular weight is 321 g/mol. The first-order valence-electron chi connectivity index (χ1n) is 6.94. The van der Waals surface area contributed by atoms with Crippen LogP contribution in [-0.4, -0.2) is 37.4 Å². The van der Waals surface area contributed by atoms with Gasteiger partial charge in [-0.05, 0) is 12.5 Å². The lowest BCUT2D eigenvalue weighted by Crippen LogP contribution is -2.45. The van der Waals surface area contributed by atoms with E-state index in [1.807, 2.05) is 6.07 Å². The van der Waals surface area contributed by atoms with Gasteiger partial charge in [0.25, 0.3) is 0 Å². The number of benzene rings is 1. The number of fused-ring (bicyclic) bond motifs is 1. The summed E-state index contributed by atoms with van der Waals surface area (Å²) in [5.74, 6) is 0.309. The summed E-state index contributed by atoms with van der Waals surface area (Å²) in [6, 6.07) is 5.18. The highest BCUT2D eigenvalue weighted by Gasteiger charge is 2.45. The molecule has 2 heterocycles. The summed E-state index contributed by atoms with van der Waals surface area (Å²) >= 11 is 0. The van der Waals surface area contributed by atoms with Crippen LogP contribution in [0.3, 0.4) is 0 Å². The van der Waals surface area contributed by atoms with Gasteiger partial charge in [0.15, 0.2) is 11.5 Å². The van der Waals surface area contributed by atoms with Crippen molar-refractivity contribution in [3.8, 4) is 11.5 Å². The second-order valence-electron chi connectivity index (χ2n) is 5.05. The molecule has 0 aliphatic carbocycles. The number of halogens is 3. The van der Waals surface area contributed by atoms with Crippen molar-refractivity contribution in [1.29, 1.82) is 0 Å². The van der Waals surface area contributed by atoms with Gasteiger partial charge in [-0.15, -0.1) is 21.2 Å². The lowest BCUT2D eigenvalue weighted by Gasteiger charge is -2.35. The summed E-state index contributed by atoms with van der Waals surface area (Å²) in [5, 5.41) is 3.29. The molecule has 0 spiro atoms. The second-order valence-corrected chi connectivity index (χ2v) is 5.05. The number of hydrogen-bond acceptors (Lipinski definition) is 4. The van der Waals surface area contributed by atoms with Gasteiger partial charge < -0.3 is 14.8 Å². The number of ether oxygens (including phenoxy) is 2. The standard InChI is InChI=1S/C14H18F2N2O2.ClH/c1-2-11(18-8-6-17-7-9-18)10-4-3-5-12-13(10)20-14(15,16)19-12;/h3-5,11,17H,2,6-9H2,1H3;1H/t11-;/m0./s1. The minimum atomic E-state index is -3.56. The number of alkyl halides is 2. The molecule has 0 bridgehead atoms. The van der Waals surface area contributed by atoms with Crippen LogP contribution in [0.25, 0.3) is 0 Å². The van der Waals surface area contributed by atoms with Gasteiger partial charge in [0.2, 0.25) is 0 Å². The van der Waals surface area contributed by atoms with E-state index in [1.165, 1.54) is 6.07 Å². The van der Waals surface area contributed by atoms with Crippen molar-refractivity contribution < 1.29 is 18.3 Å². The van der Waals surface area contributed by atoms with Gasteiger partial charge in [-0.1, -0.05) is 19.1 Å². The largest absolute Gasteiger partial charge is 0.586 e. The molecule has 118 valence electrons. The minimum absolute atomic E-state index is 0. The monoisotopic (exact) mass is 320 g/mol. The van der Waals surface area contributed by atoms with Crippen molar-refractivity contribution >= 4 is 12.4 Å². The van der Waals surface area contributed by atoms with E-state index in [1.54, 1.807) is 6.07 Å². The SMILES string of the molecule is CC[C@@H](c1cccc2c1OC(F)(F)O2)N1CCNCC1.Cl. The fourth-order valence-corrected chi connectivity index (χ4v) is 2.92. The third-order valence-corrected chi connectivity index (χ3v) is 3.80. The Balaban J connectivity index is 0.00000161. The maximum absolute atomic E-state index is 13.3. The predicted octanol–water partition coefficient (Wildman–Crippen LogP) is 2.79. The molecule has 4 nitrogen and oxygen atoms in total. The molecule has 2 aliphatic rings. The topological polar surface area (TPSA) is 33.7 Å². The van der Waals surface area contributed by atoms with Crippen LogP contribution < -0.4 is 14.8 Å². The van der Waals surface area contributed by atoms with Gasteiger partial charge in [-0.2, -0.15) is 0 Å². The number of rotatable bonds is 3. The van der Waals surface area contributed by atoms with Crippen LogP contribution in [-0.2, 0) is 0 Å². The Bertz CT molecular complexity index is 496. The molecule has 0 saturated carbocycles. The van der Waals surface area contributed by atoms with Crippen LogP contribution >= 0.6 is 12.4 Å². The van der Waals surface area contributed by atoms with Gasteiger partial charge in [0.05, 0.1) is 0 Å². The molecule has 7 heteroatoms. The van der Waals surface area contributed by atoms with E-state index in [-0.39, 0.29) is 29.9 Å². The van der Waals surface area contributed by atoms with Crippen molar-refractivity contribution in [1.82, 2.24) is 10.2 Å². The molecular formula is C14H19ClF2N2O2. The molecule has 0 radical (unpaired) electrons. The van der Waals surface area contributed by atoms with Crippen molar-refractivity contribution in [3.63, 3.8) is 0 Å². The zero-order valence-corrected chi connectivity index (χ0v) is 12.6. The van der Waals surface area contributed by atoms with Crippen molar-refractivity contribution in [2.45, 2.75) is 25.7 Å². The Morgan fingerprint density at radius 1 is 1.29 bits per heavy atom. The Morgan fingerprint density at radius 3 is 2.67 bits per heavy atom. The van der Waals surface area contributed by atoms with Gasteiger partial charge >= 0.3 is 6.29 Å². The summed E-state index contributed by atoms with van der Waals surface area (Å²) in [7, 11) is 0. The summed E-state index contributed by atoms with van der Waals surface area (Å²) in [4.78, 5) is 2.30. The molecule has 2 aliphatic heterocycles. The van der Waals surface area contributed by atoms with Crippen molar-refractivity contribution in [2.24, 2.45) is 0 Å². The van der Waals surface area contributed by atoms with E-state index in [0.717, 1.165) is 38.2 Å². The van der Waals surface area contributed by atoms with Crippen molar-refractivity contribution in [3.05, 3.63) is 23.8 Å². The van der Waals surface area contributed by atoms with Gasteiger partial charge in [0, 0.05) is 37.8 Å². The normalized spacial score (nSPS) is 21.7. The number of piperazine rings is 1. The lowest BCUT2D eigenvalue weighted by molar-refractivity contribution is -0.287. The van der Waals surface area contributed by atoms with Gasteiger partial charge in [-0.25, -0.2) is 0 Å². The van der Waals surface area contributed by atoms with E-state index in [2.05, 4.69) is 21.9 Å². The Morgan fingerprint density at radius 2 is 2.00 bits per heavy atom. The maximum Gasteiger partial charge on any atom is 0.586 e. The Kier molecular flexibility index (Phi) is 4.91. The molecular weight excluding hydrogens is 302 g/mol. The summed E-state index contributed by atoms with van der Waals surface area (Å²) in [6.45, 7) is 5.69. The molecule has 1 saturated heterocycles. The van der Waals surface area contributed by atoms with Gasteiger partial charge in [-0.3, -0.25) is 4.90 Å². The minimum Gasteiger partial charge on any atom is -0.395 e. The maximum atomic E-state index is 13.3. The highest BCUT2D eigenvalue weighted by Crippen LogP contribution is 2.46. The van der Waals surface area contributed by atoms with E-state index >= 15 is 0 Å². The first-order chi connectivity index (χ1) is 9.61. The first-order valence-corrected chi connectivity index (χ1v) is 6.94. The Hall–Kier alpha value is -1.11. The third-order valence-electron chi connectivity index (χ3n) is 3.80. The average Bonchev–Trinajstić information content (AvgIpc) is 2.75. The summed E-state index contributed by atoms with van der Waals surface area (Å²) in [6.07, 6.45) is -2.72. The number of para-hydroxylation sites is 1. The molecule has 0 amide bonds. The quantitative estimate of drug-likeness (QED) is 0.928. The zero-order valence-electron chi connectivity index (χ0n) is 11.8. The summed E-state index contributed by atoms with van der Waals surface area (Å²) < 4.78 is 35.7. The van der Waals surface area contributed by atoms with Crippen LogP contribution in [0.5, 0.6) is 11.5 Å². The number of hydrogen-bond donors (Lipinski definition) is 1. The van der Waals surface area contributed by atoms with Crippen LogP contribution in [0.1, 0.15) is 24.9 Å². The van der Waals surface area contributed by atoms with Crippen LogP contribution in [0.2, 0.25) is 0 Å². The van der Waals surface area contributed by atoms with E-state index in [4.69, 9.17) is 4.74 Å². The Labute approximate surface area is 128 Å². The predicted molar refractivity (Wildman–Crippen MR) is 77.4 cm³/mol. The smallest absolute Gasteiger partial charge is 0.395 e. The molecule has 21 heavy (non-hydrogen) atoms. The molecule has 1 aromatic carbocycles. The second kappa shape index (κ2) is 6.34. The lowest BCUT2D eigenvalue weighted by atomic mass is 10.0. The molecule has 3 rings (SSSR count). The van der Waals surface area contributed by atoms with E-state index < -0.39 is 6.29 Å². The zero-order chi connectivity index (χ0) is 14.2. The van der Waals surface area contributed by atoms with Crippen molar-refractivity contribution in [2.75, 3.05) is 26.2 Å². The highest BCUT2D eigenvalue weighted by molar-refractivity contribution is 5.85. The van der Waals surface area contributed by atoms with Crippen LogP contribution in [0, 0.1) is 0 Å². The third kappa shape index (κ3) is 3.22. The fraction of sp³-hybridized carbons (Fsp3) is 0.571. The number of nitrogens with one attached hydrogen (secondary N) is 1. The van der Waals surface area contributed by atoms with E-state index in [9.17, 15) is 8.78 Å². The van der Waals surface area contributed by atoms with Crippen LogP contribution in [0.15, 0.2) is 18.2 Å². The van der Waals surface area contributed by atoms with Gasteiger partial charge in [0.1, 0.15) is 0 Å². The van der Waals surface area contributed by atoms with E-state index in [0.29, 0.717) is 0 Å². The fourth-order valence-electron chi connectivity index (χ4n) is 2.92. The van der Waals surface area contributed by atoms with Crippen LogP contribution in [0.4, 0.5) is 8.78 Å². The molecule has 1 fully saturated rings. The molecule has 1 aromatic rings. The molecule has 1 N–H and O–H groups in total. The molecule has 0 unspecified atom stereocenters. The molecule has 1 atom stereocenters. The summed E-state index contributed by atoms with van der Waals surface area (Å²) in [5.41, 5.74) is 0.782. The molecule has 0 aromatic heterocycles. The number of nitrogens with zero attached hydrogens (tertiary/aromatic N) is 1. The first kappa shape index (κ1) is 16.3.